The number of carboxylic acid groups (broad SMARTS) is 1. The van der Waals surface area contributed by atoms with Crippen LogP contribution in [0.15, 0.2) is 48.5 Å². The van der Waals surface area contributed by atoms with Crippen LogP contribution in [-0.4, -0.2) is 29.1 Å². The summed E-state index contributed by atoms with van der Waals surface area (Å²) in [6, 6.07) is 14.1. The number of aliphatic carboxylic acids is 1. The van der Waals surface area contributed by atoms with Crippen LogP contribution < -0.4 is 4.74 Å². The van der Waals surface area contributed by atoms with E-state index in [0.29, 0.717) is 19.6 Å². The van der Waals surface area contributed by atoms with E-state index in [0.717, 1.165) is 30.0 Å². The van der Waals surface area contributed by atoms with Gasteiger partial charge < -0.3 is 9.84 Å². The van der Waals surface area contributed by atoms with E-state index in [4.69, 9.17) is 4.74 Å². The van der Waals surface area contributed by atoms with Crippen molar-refractivity contribution >= 4 is 5.97 Å². The number of carbonyl (C=O) groups is 1. The van der Waals surface area contributed by atoms with Gasteiger partial charge >= 0.3 is 5.97 Å². The number of benzene rings is 2. The molecule has 0 radical (unpaired) electrons. The van der Waals surface area contributed by atoms with E-state index < -0.39 is 11.4 Å². The molecule has 0 aromatic heterocycles. The van der Waals surface area contributed by atoms with E-state index >= 15 is 0 Å². The number of nitrogens with zero attached hydrogens (tertiary/aromatic N) is 1. The summed E-state index contributed by atoms with van der Waals surface area (Å²) in [6.45, 7) is 4.31. The second-order valence-electron chi connectivity index (χ2n) is 6.89. The fourth-order valence-corrected chi connectivity index (χ4v) is 3.06. The first-order valence-corrected chi connectivity index (χ1v) is 8.37. The molecule has 1 aliphatic rings. The van der Waals surface area contributed by atoms with Gasteiger partial charge in [-0.05, 0) is 55.3 Å². The van der Waals surface area contributed by atoms with Gasteiger partial charge in [0.25, 0.3) is 0 Å². The van der Waals surface area contributed by atoms with Crippen molar-refractivity contribution in [2.75, 3.05) is 13.1 Å². The number of ether oxygens (including phenoxy) is 1. The molecule has 3 rings (SSSR count). The maximum atomic E-state index is 12.9. The highest BCUT2D eigenvalue weighted by Gasteiger charge is 2.40. The summed E-state index contributed by atoms with van der Waals surface area (Å²) < 4.78 is 18.6. The van der Waals surface area contributed by atoms with Gasteiger partial charge in [-0.15, -0.1) is 0 Å². The predicted octanol–water partition coefficient (Wildman–Crippen LogP) is 3.70. The number of halogens is 1. The molecular weight excluding hydrogens is 321 g/mol. The van der Waals surface area contributed by atoms with E-state index in [-0.39, 0.29) is 5.82 Å². The van der Waals surface area contributed by atoms with Crippen molar-refractivity contribution < 1.29 is 19.0 Å². The van der Waals surface area contributed by atoms with Crippen molar-refractivity contribution in [2.45, 2.75) is 26.5 Å². The summed E-state index contributed by atoms with van der Waals surface area (Å²) in [5.74, 6) is -0.224. The van der Waals surface area contributed by atoms with Gasteiger partial charge in [0.05, 0.1) is 5.41 Å². The van der Waals surface area contributed by atoms with Crippen LogP contribution in [0, 0.1) is 11.2 Å². The molecule has 1 fully saturated rings. The second-order valence-corrected chi connectivity index (χ2v) is 6.89. The predicted molar refractivity (Wildman–Crippen MR) is 92.8 cm³/mol. The van der Waals surface area contributed by atoms with E-state index in [9.17, 15) is 14.3 Å². The molecule has 2 aromatic carbocycles. The summed E-state index contributed by atoms with van der Waals surface area (Å²) in [4.78, 5) is 13.5. The summed E-state index contributed by atoms with van der Waals surface area (Å²) >= 11 is 0. The molecule has 1 unspecified atom stereocenters. The first-order valence-electron chi connectivity index (χ1n) is 8.37. The Bertz CT molecular complexity index is 730. The van der Waals surface area contributed by atoms with E-state index in [2.05, 4.69) is 4.90 Å². The number of carboxylic acids is 1. The molecule has 1 aliphatic heterocycles. The molecule has 1 heterocycles. The highest BCUT2D eigenvalue weighted by atomic mass is 19.1. The summed E-state index contributed by atoms with van der Waals surface area (Å²) in [7, 11) is 0. The average molecular weight is 343 g/mol. The van der Waals surface area contributed by atoms with Crippen molar-refractivity contribution in [1.29, 1.82) is 0 Å². The summed E-state index contributed by atoms with van der Waals surface area (Å²) in [5, 5.41) is 9.30. The smallest absolute Gasteiger partial charge is 0.310 e. The number of likely N-dealkylation sites (tertiary alicyclic amines) is 1. The molecule has 0 amide bonds. The SMILES string of the molecule is CC1(C(=O)O)CCN(Cc2ccc(OCc3ccc(F)cc3)cc2)C1. The van der Waals surface area contributed by atoms with Crippen molar-refractivity contribution in [2.24, 2.45) is 5.41 Å². The van der Waals surface area contributed by atoms with E-state index in [1.54, 1.807) is 12.1 Å². The standard InChI is InChI=1S/C20H22FNO3/c1-20(19(23)24)10-11-22(14-20)12-15-4-8-18(9-5-15)25-13-16-2-6-17(21)7-3-16/h2-9H,10-14H2,1H3,(H,23,24). The monoisotopic (exact) mass is 343 g/mol. The minimum atomic E-state index is -0.723. The molecule has 0 spiro atoms. The van der Waals surface area contributed by atoms with Crippen LogP contribution in [0.3, 0.4) is 0 Å². The molecule has 5 heteroatoms. The first-order chi connectivity index (χ1) is 11.9. The van der Waals surface area contributed by atoms with Crippen LogP contribution in [0.1, 0.15) is 24.5 Å². The normalized spacial score (nSPS) is 20.6. The summed E-state index contributed by atoms with van der Waals surface area (Å²) in [5.41, 5.74) is 1.40. The average Bonchev–Trinajstić information content (AvgIpc) is 2.98. The third-order valence-electron chi connectivity index (χ3n) is 4.72. The van der Waals surface area contributed by atoms with Crippen molar-refractivity contribution in [1.82, 2.24) is 4.90 Å². The third kappa shape index (κ3) is 4.37. The number of rotatable bonds is 6. The van der Waals surface area contributed by atoms with Gasteiger partial charge in [-0.2, -0.15) is 0 Å². The fourth-order valence-electron chi connectivity index (χ4n) is 3.06. The number of hydrogen-bond donors (Lipinski definition) is 1. The first kappa shape index (κ1) is 17.4. The van der Waals surface area contributed by atoms with Gasteiger partial charge in [-0.3, -0.25) is 9.69 Å². The lowest BCUT2D eigenvalue weighted by atomic mass is 9.90. The molecule has 1 saturated heterocycles. The maximum Gasteiger partial charge on any atom is 0.310 e. The topological polar surface area (TPSA) is 49.8 Å². The Balaban J connectivity index is 1.52. The highest BCUT2D eigenvalue weighted by molar-refractivity contribution is 5.74. The van der Waals surface area contributed by atoms with Gasteiger partial charge in [0.15, 0.2) is 0 Å². The van der Waals surface area contributed by atoms with Crippen molar-refractivity contribution in [3.63, 3.8) is 0 Å². The van der Waals surface area contributed by atoms with Crippen molar-refractivity contribution in [3.8, 4) is 5.75 Å². The minimum absolute atomic E-state index is 0.256. The number of hydrogen-bond acceptors (Lipinski definition) is 3. The molecule has 1 N–H and O–H groups in total. The van der Waals surface area contributed by atoms with Gasteiger partial charge in [0, 0.05) is 13.1 Å². The fraction of sp³-hybridized carbons (Fsp3) is 0.350. The van der Waals surface area contributed by atoms with Gasteiger partial charge in [0.1, 0.15) is 18.2 Å². The lowest BCUT2D eigenvalue weighted by Crippen LogP contribution is -2.31. The van der Waals surface area contributed by atoms with E-state index in [1.807, 2.05) is 31.2 Å². The molecule has 132 valence electrons. The molecular formula is C20H22FNO3. The molecule has 25 heavy (non-hydrogen) atoms. The zero-order valence-corrected chi connectivity index (χ0v) is 14.2. The lowest BCUT2D eigenvalue weighted by Gasteiger charge is -2.20. The largest absolute Gasteiger partial charge is 0.489 e. The molecule has 0 bridgehead atoms. The quantitative estimate of drug-likeness (QED) is 0.869. The molecule has 0 saturated carbocycles. The third-order valence-corrected chi connectivity index (χ3v) is 4.72. The minimum Gasteiger partial charge on any atom is -0.489 e. The Morgan fingerprint density at radius 2 is 1.80 bits per heavy atom. The van der Waals surface area contributed by atoms with Crippen LogP contribution in [0.5, 0.6) is 5.75 Å². The molecule has 0 aliphatic carbocycles. The Hall–Kier alpha value is -2.40. The van der Waals surface area contributed by atoms with Gasteiger partial charge in [0.2, 0.25) is 0 Å². The molecule has 1 atom stereocenters. The Morgan fingerprint density at radius 3 is 2.40 bits per heavy atom. The Kier molecular flexibility index (Phi) is 5.04. The van der Waals surface area contributed by atoms with Crippen LogP contribution in [-0.2, 0) is 17.9 Å². The van der Waals surface area contributed by atoms with E-state index in [1.165, 1.54) is 12.1 Å². The second kappa shape index (κ2) is 7.23. The lowest BCUT2D eigenvalue weighted by molar-refractivity contribution is -0.147. The highest BCUT2D eigenvalue weighted by Crippen LogP contribution is 2.31. The zero-order valence-electron chi connectivity index (χ0n) is 14.2. The zero-order chi connectivity index (χ0) is 17.9. The molecule has 2 aromatic rings. The van der Waals surface area contributed by atoms with Crippen molar-refractivity contribution in [3.05, 3.63) is 65.5 Å². The Labute approximate surface area is 146 Å². The van der Waals surface area contributed by atoms with Crippen LogP contribution in [0.2, 0.25) is 0 Å². The van der Waals surface area contributed by atoms with Crippen LogP contribution in [0.4, 0.5) is 4.39 Å². The van der Waals surface area contributed by atoms with Crippen LogP contribution in [0.25, 0.3) is 0 Å². The van der Waals surface area contributed by atoms with Crippen LogP contribution >= 0.6 is 0 Å². The van der Waals surface area contributed by atoms with Gasteiger partial charge in [-0.1, -0.05) is 24.3 Å². The Morgan fingerprint density at radius 1 is 1.16 bits per heavy atom. The molecule has 4 nitrogen and oxygen atoms in total. The van der Waals surface area contributed by atoms with Gasteiger partial charge in [-0.25, -0.2) is 4.39 Å². The maximum absolute atomic E-state index is 12.9. The summed E-state index contributed by atoms with van der Waals surface area (Å²) in [6.07, 6.45) is 0.682.